The molecule has 2 amide bonds. The van der Waals surface area contributed by atoms with Crippen molar-refractivity contribution in [1.29, 1.82) is 0 Å². The summed E-state index contributed by atoms with van der Waals surface area (Å²) in [6.45, 7) is 1.89. The topological polar surface area (TPSA) is 93.5 Å². The first-order valence-electron chi connectivity index (χ1n) is 4.79. The number of methoxy groups -OCH3 is 1. The van der Waals surface area contributed by atoms with Crippen molar-refractivity contribution in [2.75, 3.05) is 20.7 Å². The molecule has 2 unspecified atom stereocenters. The van der Waals surface area contributed by atoms with Gasteiger partial charge in [-0.05, 0) is 6.92 Å². The van der Waals surface area contributed by atoms with Crippen LogP contribution in [0.2, 0.25) is 0 Å². The molecule has 88 valence electrons. The van der Waals surface area contributed by atoms with Crippen molar-refractivity contribution in [3.05, 3.63) is 0 Å². The van der Waals surface area contributed by atoms with Crippen molar-refractivity contribution in [2.24, 2.45) is 5.73 Å². The minimum Gasteiger partial charge on any atom is -0.380 e. The first-order chi connectivity index (χ1) is 7.04. The molecule has 0 aliphatic carbocycles. The van der Waals surface area contributed by atoms with E-state index >= 15 is 0 Å². The van der Waals surface area contributed by atoms with Gasteiger partial charge in [-0.3, -0.25) is 9.59 Å². The highest BCUT2D eigenvalue weighted by Crippen LogP contribution is 1.95. The summed E-state index contributed by atoms with van der Waals surface area (Å²) in [5.41, 5.74) is 5.36. The van der Waals surface area contributed by atoms with Crippen LogP contribution in [0.4, 0.5) is 0 Å². The molecule has 0 saturated heterocycles. The second-order valence-corrected chi connectivity index (χ2v) is 3.20. The molecule has 0 heterocycles. The summed E-state index contributed by atoms with van der Waals surface area (Å²) in [6.07, 6.45) is -0.143. The molecular weight excluding hydrogens is 198 g/mol. The highest BCUT2D eigenvalue weighted by molar-refractivity contribution is 5.87. The average molecular weight is 217 g/mol. The number of hydrogen-bond acceptors (Lipinski definition) is 4. The van der Waals surface area contributed by atoms with Crippen LogP contribution in [-0.2, 0) is 14.3 Å². The van der Waals surface area contributed by atoms with Gasteiger partial charge in [0.1, 0.15) is 6.04 Å². The fourth-order valence-electron chi connectivity index (χ4n) is 1.05. The van der Waals surface area contributed by atoms with Crippen LogP contribution in [0.3, 0.4) is 0 Å². The average Bonchev–Trinajstić information content (AvgIpc) is 2.24. The summed E-state index contributed by atoms with van der Waals surface area (Å²) in [7, 11) is 3.01. The second-order valence-electron chi connectivity index (χ2n) is 3.20. The summed E-state index contributed by atoms with van der Waals surface area (Å²) < 4.78 is 4.95. The monoisotopic (exact) mass is 217 g/mol. The van der Waals surface area contributed by atoms with Crippen LogP contribution in [0, 0.1) is 0 Å². The van der Waals surface area contributed by atoms with Gasteiger partial charge in [0.05, 0.1) is 12.5 Å². The Morgan fingerprint density at radius 1 is 1.47 bits per heavy atom. The zero-order valence-corrected chi connectivity index (χ0v) is 9.37. The van der Waals surface area contributed by atoms with Gasteiger partial charge in [-0.15, -0.1) is 0 Å². The van der Waals surface area contributed by atoms with Crippen LogP contribution < -0.4 is 16.4 Å². The molecule has 6 nitrogen and oxygen atoms in total. The van der Waals surface area contributed by atoms with E-state index in [4.69, 9.17) is 10.5 Å². The van der Waals surface area contributed by atoms with Gasteiger partial charge in [0.25, 0.3) is 0 Å². The van der Waals surface area contributed by atoms with Crippen LogP contribution in [0.5, 0.6) is 0 Å². The highest BCUT2D eigenvalue weighted by atomic mass is 16.5. The van der Waals surface area contributed by atoms with Gasteiger partial charge in [-0.1, -0.05) is 0 Å². The molecule has 15 heavy (non-hydrogen) atoms. The fourth-order valence-corrected chi connectivity index (χ4v) is 1.05. The van der Waals surface area contributed by atoms with Crippen molar-refractivity contribution < 1.29 is 14.3 Å². The van der Waals surface area contributed by atoms with E-state index in [-0.39, 0.29) is 30.9 Å². The first kappa shape index (κ1) is 13.9. The van der Waals surface area contributed by atoms with Crippen molar-refractivity contribution in [3.63, 3.8) is 0 Å². The molecule has 0 aliphatic rings. The third-order valence-corrected chi connectivity index (χ3v) is 2.03. The van der Waals surface area contributed by atoms with Gasteiger partial charge < -0.3 is 21.1 Å². The van der Waals surface area contributed by atoms with Crippen LogP contribution in [0.15, 0.2) is 0 Å². The number of nitrogens with one attached hydrogen (secondary N) is 2. The van der Waals surface area contributed by atoms with E-state index < -0.39 is 6.04 Å². The minimum absolute atomic E-state index is 0.161. The van der Waals surface area contributed by atoms with Crippen molar-refractivity contribution >= 4 is 11.8 Å². The Morgan fingerprint density at radius 2 is 2.07 bits per heavy atom. The van der Waals surface area contributed by atoms with Crippen LogP contribution in [0.1, 0.15) is 13.3 Å². The lowest BCUT2D eigenvalue weighted by Gasteiger charge is -2.15. The van der Waals surface area contributed by atoms with E-state index in [9.17, 15) is 9.59 Å². The summed E-state index contributed by atoms with van der Waals surface area (Å²) in [4.78, 5) is 22.5. The van der Waals surface area contributed by atoms with E-state index in [0.29, 0.717) is 0 Å². The van der Waals surface area contributed by atoms with Gasteiger partial charge in [-0.2, -0.15) is 0 Å². The number of carbonyl (C=O) groups is 2. The maximum absolute atomic E-state index is 11.4. The van der Waals surface area contributed by atoms with Crippen LogP contribution in [0.25, 0.3) is 0 Å². The Labute approximate surface area is 89.5 Å². The lowest BCUT2D eigenvalue weighted by molar-refractivity contribution is -0.129. The maximum Gasteiger partial charge on any atom is 0.242 e. The summed E-state index contributed by atoms with van der Waals surface area (Å²) >= 11 is 0. The Balaban J connectivity index is 3.97. The minimum atomic E-state index is -0.544. The first-order valence-corrected chi connectivity index (χ1v) is 4.79. The van der Waals surface area contributed by atoms with Crippen LogP contribution >= 0.6 is 0 Å². The van der Waals surface area contributed by atoms with Gasteiger partial charge in [-0.25, -0.2) is 0 Å². The molecule has 4 N–H and O–H groups in total. The summed E-state index contributed by atoms with van der Waals surface area (Å²) in [5, 5.41) is 4.98. The van der Waals surface area contributed by atoms with Gasteiger partial charge in [0, 0.05) is 20.7 Å². The Kier molecular flexibility index (Phi) is 6.64. The van der Waals surface area contributed by atoms with Crippen molar-refractivity contribution in [2.45, 2.75) is 25.5 Å². The van der Waals surface area contributed by atoms with Gasteiger partial charge >= 0.3 is 0 Å². The molecule has 0 aromatic rings. The maximum atomic E-state index is 11.4. The molecule has 6 heteroatoms. The molecule has 0 spiro atoms. The Hall–Kier alpha value is -1.14. The van der Waals surface area contributed by atoms with E-state index in [0.717, 1.165) is 0 Å². The van der Waals surface area contributed by atoms with E-state index in [1.807, 2.05) is 0 Å². The molecule has 2 atom stereocenters. The molecule has 0 radical (unpaired) electrons. The molecule has 0 fully saturated rings. The quantitative estimate of drug-likeness (QED) is 0.510. The zero-order chi connectivity index (χ0) is 11.8. The number of ether oxygens (including phenoxy) is 1. The zero-order valence-electron chi connectivity index (χ0n) is 9.37. The smallest absolute Gasteiger partial charge is 0.242 e. The molecule has 0 saturated carbocycles. The number of carbonyl (C=O) groups excluding carboxylic acids is 2. The third kappa shape index (κ3) is 5.34. The van der Waals surface area contributed by atoms with Crippen molar-refractivity contribution in [3.8, 4) is 0 Å². The normalized spacial score (nSPS) is 14.1. The Morgan fingerprint density at radius 3 is 2.47 bits per heavy atom. The largest absolute Gasteiger partial charge is 0.380 e. The highest BCUT2D eigenvalue weighted by Gasteiger charge is 2.16. The number of hydrogen-bond donors (Lipinski definition) is 3. The molecule has 0 bridgehead atoms. The predicted molar refractivity (Wildman–Crippen MR) is 56.1 cm³/mol. The van der Waals surface area contributed by atoms with Crippen LogP contribution in [-0.4, -0.2) is 44.7 Å². The standard InChI is InChI=1S/C9H19N3O3/c1-6(9(14)11-2)12-8(13)4-7(5-10)15-3/h6-7H,4-5,10H2,1-3H3,(H,11,14)(H,12,13). The summed E-state index contributed by atoms with van der Waals surface area (Å²) in [5.74, 6) is -0.478. The molecule has 0 aromatic carbocycles. The number of rotatable bonds is 6. The molecule has 0 rings (SSSR count). The number of nitrogens with two attached hydrogens (primary N) is 1. The van der Waals surface area contributed by atoms with Crippen molar-refractivity contribution in [1.82, 2.24) is 10.6 Å². The lowest BCUT2D eigenvalue weighted by Crippen LogP contribution is -2.45. The summed E-state index contributed by atoms with van der Waals surface area (Å²) in [6, 6.07) is -0.544. The van der Waals surface area contributed by atoms with Gasteiger partial charge in [0.15, 0.2) is 0 Å². The Bertz CT molecular complexity index is 217. The number of amides is 2. The van der Waals surface area contributed by atoms with E-state index in [1.165, 1.54) is 14.2 Å². The molecular formula is C9H19N3O3. The predicted octanol–water partition coefficient (Wildman–Crippen LogP) is -1.40. The third-order valence-electron chi connectivity index (χ3n) is 2.03. The van der Waals surface area contributed by atoms with E-state index in [1.54, 1.807) is 6.92 Å². The molecule has 0 aliphatic heterocycles. The number of likely N-dealkylation sites (N-methyl/N-ethyl adjacent to an activating group) is 1. The van der Waals surface area contributed by atoms with Gasteiger partial charge in [0.2, 0.25) is 11.8 Å². The SMILES string of the molecule is CNC(=O)C(C)NC(=O)CC(CN)OC. The van der Waals surface area contributed by atoms with E-state index in [2.05, 4.69) is 10.6 Å². The second kappa shape index (κ2) is 7.19. The lowest BCUT2D eigenvalue weighted by atomic mass is 10.2. The fraction of sp³-hybridized carbons (Fsp3) is 0.778. The molecule has 0 aromatic heterocycles.